The summed E-state index contributed by atoms with van der Waals surface area (Å²) in [5.41, 5.74) is 0. The van der Waals surface area contributed by atoms with E-state index in [2.05, 4.69) is 0 Å². The number of hydrogen-bond acceptors (Lipinski definition) is 4. The molecule has 0 aromatic heterocycles. The van der Waals surface area contributed by atoms with Crippen molar-refractivity contribution in [3.63, 3.8) is 0 Å². The Kier molecular flexibility index (Phi) is 4.91. The summed E-state index contributed by atoms with van der Waals surface area (Å²) < 4.78 is 24.3. The lowest BCUT2D eigenvalue weighted by atomic mass is 10.2. The minimum Gasteiger partial charge on any atom is -0.480 e. The van der Waals surface area contributed by atoms with E-state index in [9.17, 15) is 18.0 Å². The van der Waals surface area contributed by atoms with Crippen molar-refractivity contribution >= 4 is 21.7 Å². The molecule has 1 atom stereocenters. The van der Waals surface area contributed by atoms with Crippen LogP contribution in [0.2, 0.25) is 0 Å². The third-order valence-corrected chi connectivity index (χ3v) is 6.67. The lowest BCUT2D eigenvalue weighted by Crippen LogP contribution is -2.45. The molecule has 2 saturated carbocycles. The molecule has 2 rings (SSSR count). The molecule has 0 bridgehead atoms. The van der Waals surface area contributed by atoms with Gasteiger partial charge in [-0.25, -0.2) is 13.2 Å². The summed E-state index contributed by atoms with van der Waals surface area (Å²) in [6.07, 6.45) is 4.75. The summed E-state index contributed by atoms with van der Waals surface area (Å²) in [5, 5.41) is 8.76. The van der Waals surface area contributed by atoms with Crippen molar-refractivity contribution in [3.05, 3.63) is 0 Å². The number of aliphatic carboxylic acids is 1. The van der Waals surface area contributed by atoms with Gasteiger partial charge in [-0.2, -0.15) is 0 Å². The minimum absolute atomic E-state index is 0.0298. The number of carboxylic acids is 1. The number of hydrogen-bond donors (Lipinski definition) is 1. The predicted octanol–water partition coefficient (Wildman–Crippen LogP) is 1.20. The Balaban J connectivity index is 1.94. The Labute approximate surface area is 125 Å². The smallest absolute Gasteiger partial charge is 0.326 e. The topological polar surface area (TPSA) is 91.8 Å². The number of carboxylic acid groups (broad SMARTS) is 1. The minimum atomic E-state index is -3.23. The van der Waals surface area contributed by atoms with Crippen molar-refractivity contribution in [2.75, 3.05) is 5.75 Å². The van der Waals surface area contributed by atoms with E-state index >= 15 is 0 Å². The molecule has 120 valence electrons. The molecule has 0 heterocycles. The van der Waals surface area contributed by atoms with Crippen molar-refractivity contribution in [3.8, 4) is 0 Å². The molecule has 0 aliphatic heterocycles. The maximum atomic E-state index is 12.2. The van der Waals surface area contributed by atoms with Crippen LogP contribution in [0.3, 0.4) is 0 Å². The van der Waals surface area contributed by atoms with Gasteiger partial charge in [0, 0.05) is 12.5 Å². The van der Waals surface area contributed by atoms with Crippen LogP contribution in [0.1, 0.15) is 51.9 Å². The summed E-state index contributed by atoms with van der Waals surface area (Å²) in [6, 6.07) is -0.919. The van der Waals surface area contributed by atoms with E-state index in [1.165, 1.54) is 11.8 Å². The van der Waals surface area contributed by atoms with Crippen LogP contribution in [0.25, 0.3) is 0 Å². The first-order valence-electron chi connectivity index (χ1n) is 7.58. The maximum absolute atomic E-state index is 12.2. The molecular formula is C14H23NO5S. The van der Waals surface area contributed by atoms with Crippen LogP contribution >= 0.6 is 0 Å². The van der Waals surface area contributed by atoms with Gasteiger partial charge in [0.25, 0.3) is 0 Å². The number of carbonyl (C=O) groups excluding carboxylic acids is 1. The van der Waals surface area contributed by atoms with Gasteiger partial charge in [-0.05, 0) is 32.6 Å². The molecule has 1 N–H and O–H groups in total. The number of amides is 1. The first-order valence-corrected chi connectivity index (χ1v) is 9.30. The quantitative estimate of drug-likeness (QED) is 0.761. The van der Waals surface area contributed by atoms with Gasteiger partial charge in [-0.3, -0.25) is 4.79 Å². The summed E-state index contributed by atoms with van der Waals surface area (Å²) in [6.45, 7) is 1.48. The fraction of sp³-hybridized carbons (Fsp3) is 0.857. The Hall–Kier alpha value is -1.11. The second-order valence-electron chi connectivity index (χ2n) is 6.07. The SMILES string of the molecule is CC(C(=O)O)N(C(=O)CCS(=O)(=O)C1CCCC1)C1CC1. The highest BCUT2D eigenvalue weighted by molar-refractivity contribution is 7.92. The van der Waals surface area contributed by atoms with Crippen LogP contribution in [0.5, 0.6) is 0 Å². The van der Waals surface area contributed by atoms with E-state index in [1.54, 1.807) is 0 Å². The van der Waals surface area contributed by atoms with Crippen LogP contribution in [-0.4, -0.2) is 53.4 Å². The molecule has 6 nitrogen and oxygen atoms in total. The molecule has 0 aromatic carbocycles. The zero-order valence-corrected chi connectivity index (χ0v) is 13.1. The predicted molar refractivity (Wildman–Crippen MR) is 77.6 cm³/mol. The van der Waals surface area contributed by atoms with Gasteiger partial charge in [0.2, 0.25) is 5.91 Å². The van der Waals surface area contributed by atoms with E-state index in [-0.39, 0.29) is 29.4 Å². The van der Waals surface area contributed by atoms with Gasteiger partial charge in [-0.1, -0.05) is 12.8 Å². The highest BCUT2D eigenvalue weighted by Crippen LogP contribution is 2.30. The van der Waals surface area contributed by atoms with E-state index in [1.807, 2.05) is 0 Å². The molecule has 1 unspecified atom stereocenters. The van der Waals surface area contributed by atoms with Crippen molar-refractivity contribution < 1.29 is 23.1 Å². The molecule has 0 aromatic rings. The third-order valence-electron chi connectivity index (χ3n) is 4.41. The van der Waals surface area contributed by atoms with Crippen LogP contribution in [0.15, 0.2) is 0 Å². The fourth-order valence-electron chi connectivity index (χ4n) is 2.98. The molecule has 0 saturated heterocycles. The highest BCUT2D eigenvalue weighted by Gasteiger charge is 2.39. The monoisotopic (exact) mass is 317 g/mol. The summed E-state index contributed by atoms with van der Waals surface area (Å²) in [4.78, 5) is 24.7. The summed E-state index contributed by atoms with van der Waals surface area (Å²) in [7, 11) is -3.23. The fourth-order valence-corrected chi connectivity index (χ4v) is 4.82. The van der Waals surface area contributed by atoms with Gasteiger partial charge >= 0.3 is 5.97 Å². The lowest BCUT2D eigenvalue weighted by molar-refractivity contribution is -0.149. The summed E-state index contributed by atoms with van der Waals surface area (Å²) in [5.74, 6) is -1.56. The zero-order chi connectivity index (χ0) is 15.6. The number of nitrogens with zero attached hydrogens (tertiary/aromatic N) is 1. The van der Waals surface area contributed by atoms with Crippen LogP contribution in [-0.2, 0) is 19.4 Å². The Morgan fingerprint density at radius 3 is 2.24 bits per heavy atom. The van der Waals surface area contributed by atoms with E-state index in [4.69, 9.17) is 5.11 Å². The van der Waals surface area contributed by atoms with Gasteiger partial charge in [0.05, 0.1) is 11.0 Å². The van der Waals surface area contributed by atoms with Gasteiger partial charge in [0.1, 0.15) is 6.04 Å². The van der Waals surface area contributed by atoms with Gasteiger partial charge in [0.15, 0.2) is 9.84 Å². The van der Waals surface area contributed by atoms with Gasteiger partial charge < -0.3 is 10.0 Å². The Morgan fingerprint density at radius 1 is 1.19 bits per heavy atom. The second-order valence-corrected chi connectivity index (χ2v) is 8.47. The number of sulfone groups is 1. The average molecular weight is 317 g/mol. The van der Waals surface area contributed by atoms with Crippen molar-refractivity contribution in [1.29, 1.82) is 0 Å². The molecule has 21 heavy (non-hydrogen) atoms. The normalized spacial score (nSPS) is 21.2. The molecular weight excluding hydrogens is 294 g/mol. The van der Waals surface area contributed by atoms with Crippen molar-refractivity contribution in [1.82, 2.24) is 4.90 Å². The van der Waals surface area contributed by atoms with Crippen LogP contribution in [0.4, 0.5) is 0 Å². The van der Waals surface area contributed by atoms with E-state index < -0.39 is 21.8 Å². The first-order chi connectivity index (χ1) is 9.83. The highest BCUT2D eigenvalue weighted by atomic mass is 32.2. The maximum Gasteiger partial charge on any atom is 0.326 e. The molecule has 0 radical (unpaired) electrons. The van der Waals surface area contributed by atoms with Crippen molar-refractivity contribution in [2.45, 2.75) is 69.2 Å². The largest absolute Gasteiger partial charge is 0.480 e. The average Bonchev–Trinajstić information content (AvgIpc) is 3.07. The van der Waals surface area contributed by atoms with Crippen LogP contribution < -0.4 is 0 Å². The third kappa shape index (κ3) is 3.96. The van der Waals surface area contributed by atoms with E-state index in [0.29, 0.717) is 12.8 Å². The molecule has 2 aliphatic carbocycles. The second kappa shape index (κ2) is 6.34. The molecule has 1 amide bonds. The molecule has 2 aliphatic rings. The Bertz CT molecular complexity index is 505. The van der Waals surface area contributed by atoms with Gasteiger partial charge in [-0.15, -0.1) is 0 Å². The summed E-state index contributed by atoms with van der Waals surface area (Å²) >= 11 is 0. The van der Waals surface area contributed by atoms with Crippen molar-refractivity contribution in [2.24, 2.45) is 0 Å². The zero-order valence-electron chi connectivity index (χ0n) is 12.3. The number of rotatable bonds is 7. The lowest BCUT2D eigenvalue weighted by Gasteiger charge is -2.26. The van der Waals surface area contributed by atoms with Crippen LogP contribution in [0, 0.1) is 0 Å². The standard InChI is InChI=1S/C14H23NO5S/c1-10(14(17)18)15(11-6-7-11)13(16)8-9-21(19,20)12-4-2-3-5-12/h10-12H,2-9H2,1H3,(H,17,18). The molecule has 7 heteroatoms. The molecule has 2 fully saturated rings. The number of carbonyl (C=O) groups is 2. The molecule has 0 spiro atoms. The van der Waals surface area contributed by atoms with E-state index in [0.717, 1.165) is 25.7 Å². The first kappa shape index (κ1) is 16.3. The Morgan fingerprint density at radius 2 is 1.76 bits per heavy atom.